The van der Waals surface area contributed by atoms with Crippen LogP contribution in [0, 0.1) is 17.8 Å². The number of halogens is 1. The second kappa shape index (κ2) is 6.64. The number of aromatic nitrogens is 1. The van der Waals surface area contributed by atoms with E-state index < -0.39 is 5.95 Å². The molecule has 0 unspecified atom stereocenters. The maximum atomic E-state index is 13.3. The first-order valence-electron chi connectivity index (χ1n) is 7.09. The van der Waals surface area contributed by atoms with Gasteiger partial charge in [-0.3, -0.25) is 4.79 Å². The third kappa shape index (κ3) is 3.75. The molecule has 19 heavy (non-hydrogen) atoms. The Morgan fingerprint density at radius 1 is 1.37 bits per heavy atom. The summed E-state index contributed by atoms with van der Waals surface area (Å²) in [6.45, 7) is 2.88. The van der Waals surface area contributed by atoms with E-state index in [1.165, 1.54) is 31.5 Å². The molecule has 1 heterocycles. The van der Waals surface area contributed by atoms with Crippen LogP contribution >= 0.6 is 0 Å². The van der Waals surface area contributed by atoms with Crippen molar-refractivity contribution < 1.29 is 9.18 Å². The van der Waals surface area contributed by atoms with Gasteiger partial charge in [0.05, 0.1) is 5.56 Å². The molecule has 0 aromatic carbocycles. The highest BCUT2D eigenvalue weighted by molar-refractivity contribution is 5.94. The molecule has 1 fully saturated rings. The summed E-state index contributed by atoms with van der Waals surface area (Å²) in [4.78, 5) is 15.3. The molecule has 1 aromatic heterocycles. The zero-order valence-electron chi connectivity index (χ0n) is 11.4. The Morgan fingerprint density at radius 3 is 2.68 bits per heavy atom. The Kier molecular flexibility index (Phi) is 4.88. The average Bonchev–Trinajstić information content (AvgIpc) is 2.46. The van der Waals surface area contributed by atoms with Crippen molar-refractivity contribution >= 4 is 5.91 Å². The molecule has 0 aliphatic heterocycles. The second-order valence-corrected chi connectivity index (χ2v) is 5.35. The van der Waals surface area contributed by atoms with Crippen LogP contribution in [0.4, 0.5) is 4.39 Å². The Labute approximate surface area is 113 Å². The van der Waals surface area contributed by atoms with Gasteiger partial charge in [-0.15, -0.1) is 0 Å². The molecule has 4 heteroatoms. The van der Waals surface area contributed by atoms with Gasteiger partial charge in [-0.1, -0.05) is 26.2 Å². The molecule has 1 N–H and O–H groups in total. The molecule has 1 saturated carbocycles. The van der Waals surface area contributed by atoms with Gasteiger partial charge in [0.15, 0.2) is 0 Å². The molecule has 2 rings (SSSR count). The number of nitrogens with zero attached hydrogens (tertiary/aromatic N) is 1. The van der Waals surface area contributed by atoms with E-state index in [0.717, 1.165) is 18.8 Å². The van der Waals surface area contributed by atoms with Crippen molar-refractivity contribution in [2.75, 3.05) is 6.54 Å². The van der Waals surface area contributed by atoms with Crippen LogP contribution in [0.5, 0.6) is 0 Å². The van der Waals surface area contributed by atoms with Crippen molar-refractivity contribution in [3.63, 3.8) is 0 Å². The van der Waals surface area contributed by atoms with Gasteiger partial charge >= 0.3 is 0 Å². The number of carbonyl (C=O) groups is 1. The molecular formula is C15H21FN2O. The van der Waals surface area contributed by atoms with Crippen molar-refractivity contribution in [1.82, 2.24) is 10.3 Å². The van der Waals surface area contributed by atoms with E-state index in [1.54, 1.807) is 6.07 Å². The van der Waals surface area contributed by atoms with Crippen molar-refractivity contribution in [3.8, 4) is 0 Å². The lowest BCUT2D eigenvalue weighted by atomic mass is 9.81. The van der Waals surface area contributed by atoms with Crippen LogP contribution in [0.15, 0.2) is 18.3 Å². The number of pyridine rings is 1. The molecule has 0 atom stereocenters. The normalized spacial score (nSPS) is 23.1. The summed E-state index contributed by atoms with van der Waals surface area (Å²) in [5, 5.41) is 2.82. The molecule has 0 spiro atoms. The van der Waals surface area contributed by atoms with Crippen LogP contribution in [0.1, 0.15) is 49.4 Å². The largest absolute Gasteiger partial charge is 0.352 e. The van der Waals surface area contributed by atoms with Crippen molar-refractivity contribution in [1.29, 1.82) is 0 Å². The van der Waals surface area contributed by atoms with Gasteiger partial charge in [-0.2, -0.15) is 4.39 Å². The fourth-order valence-electron chi connectivity index (χ4n) is 2.73. The summed E-state index contributed by atoms with van der Waals surface area (Å²) in [6, 6.07) is 3.04. The smallest absolute Gasteiger partial charge is 0.255 e. The number of carbonyl (C=O) groups excluding carboxylic acids is 1. The Morgan fingerprint density at radius 2 is 2.05 bits per heavy atom. The van der Waals surface area contributed by atoms with Crippen LogP contribution < -0.4 is 5.32 Å². The highest BCUT2D eigenvalue weighted by Crippen LogP contribution is 2.30. The molecule has 0 bridgehead atoms. The van der Waals surface area contributed by atoms with E-state index in [0.29, 0.717) is 12.5 Å². The average molecular weight is 264 g/mol. The Bertz CT molecular complexity index is 428. The molecule has 0 radical (unpaired) electrons. The van der Waals surface area contributed by atoms with E-state index in [9.17, 15) is 9.18 Å². The predicted molar refractivity (Wildman–Crippen MR) is 72.3 cm³/mol. The molecule has 1 aliphatic carbocycles. The first-order valence-corrected chi connectivity index (χ1v) is 7.09. The van der Waals surface area contributed by atoms with E-state index >= 15 is 0 Å². The molecular weight excluding hydrogens is 243 g/mol. The minimum Gasteiger partial charge on any atom is -0.352 e. The van der Waals surface area contributed by atoms with Gasteiger partial charge in [0.2, 0.25) is 5.95 Å². The van der Waals surface area contributed by atoms with Crippen LogP contribution in [-0.4, -0.2) is 17.4 Å². The molecule has 0 saturated heterocycles. The van der Waals surface area contributed by atoms with E-state index in [4.69, 9.17) is 0 Å². The van der Waals surface area contributed by atoms with Gasteiger partial charge in [0, 0.05) is 12.7 Å². The second-order valence-electron chi connectivity index (χ2n) is 5.35. The van der Waals surface area contributed by atoms with Gasteiger partial charge < -0.3 is 5.32 Å². The van der Waals surface area contributed by atoms with Crippen LogP contribution in [0.25, 0.3) is 0 Å². The summed E-state index contributed by atoms with van der Waals surface area (Å²) in [5.74, 6) is 0.326. The number of rotatable bonds is 4. The lowest BCUT2D eigenvalue weighted by Gasteiger charge is -2.27. The monoisotopic (exact) mass is 264 g/mol. The lowest BCUT2D eigenvalue weighted by Crippen LogP contribution is -2.31. The predicted octanol–water partition coefficient (Wildman–Crippen LogP) is 3.17. The van der Waals surface area contributed by atoms with E-state index in [-0.39, 0.29) is 11.5 Å². The first-order chi connectivity index (χ1) is 9.20. The van der Waals surface area contributed by atoms with Crippen LogP contribution in [0.2, 0.25) is 0 Å². The van der Waals surface area contributed by atoms with Gasteiger partial charge in [0.25, 0.3) is 5.91 Å². The topological polar surface area (TPSA) is 42.0 Å². The summed E-state index contributed by atoms with van der Waals surface area (Å²) < 4.78 is 13.3. The summed E-state index contributed by atoms with van der Waals surface area (Å²) in [6.07, 6.45) is 7.41. The molecule has 3 nitrogen and oxygen atoms in total. The summed E-state index contributed by atoms with van der Waals surface area (Å²) in [7, 11) is 0. The standard InChI is InChI=1S/C15H21FN2O/c1-2-11-5-7-12(8-6-11)10-18-15(19)13-4-3-9-17-14(13)16/h3-4,9,11-12H,2,5-8,10H2,1H3,(H,18,19). The Balaban J connectivity index is 1.80. The van der Waals surface area contributed by atoms with Gasteiger partial charge in [-0.05, 0) is 36.8 Å². The van der Waals surface area contributed by atoms with Crippen molar-refractivity contribution in [3.05, 3.63) is 29.8 Å². The minimum atomic E-state index is -0.699. The van der Waals surface area contributed by atoms with Crippen molar-refractivity contribution in [2.45, 2.75) is 39.0 Å². The molecule has 1 amide bonds. The van der Waals surface area contributed by atoms with Crippen LogP contribution in [-0.2, 0) is 0 Å². The van der Waals surface area contributed by atoms with E-state index in [1.807, 2.05) is 0 Å². The van der Waals surface area contributed by atoms with Gasteiger partial charge in [-0.25, -0.2) is 4.98 Å². The van der Waals surface area contributed by atoms with Gasteiger partial charge in [0.1, 0.15) is 0 Å². The highest BCUT2D eigenvalue weighted by Gasteiger charge is 2.21. The zero-order chi connectivity index (χ0) is 13.7. The number of hydrogen-bond acceptors (Lipinski definition) is 2. The summed E-state index contributed by atoms with van der Waals surface area (Å²) >= 11 is 0. The maximum absolute atomic E-state index is 13.3. The lowest BCUT2D eigenvalue weighted by molar-refractivity contribution is 0.0936. The fraction of sp³-hybridized carbons (Fsp3) is 0.600. The zero-order valence-corrected chi connectivity index (χ0v) is 11.4. The molecule has 1 aliphatic rings. The number of amides is 1. The third-order valence-corrected chi connectivity index (χ3v) is 4.10. The van der Waals surface area contributed by atoms with E-state index in [2.05, 4.69) is 17.2 Å². The first kappa shape index (κ1) is 14.0. The van der Waals surface area contributed by atoms with Crippen molar-refractivity contribution in [2.24, 2.45) is 11.8 Å². The number of nitrogens with one attached hydrogen (secondary N) is 1. The Hall–Kier alpha value is -1.45. The minimum absolute atomic E-state index is 0.0322. The highest BCUT2D eigenvalue weighted by atomic mass is 19.1. The van der Waals surface area contributed by atoms with Crippen LogP contribution in [0.3, 0.4) is 0 Å². The maximum Gasteiger partial charge on any atom is 0.255 e. The molecule has 104 valence electrons. The summed E-state index contributed by atoms with van der Waals surface area (Å²) in [5.41, 5.74) is 0.0322. The fourth-order valence-corrected chi connectivity index (χ4v) is 2.73. The number of hydrogen-bond donors (Lipinski definition) is 1. The SMILES string of the molecule is CCC1CCC(CNC(=O)c2cccnc2F)CC1. The quantitative estimate of drug-likeness (QED) is 0.849. The molecule has 1 aromatic rings. The third-order valence-electron chi connectivity index (χ3n) is 4.10.